The molecular weight excluding hydrogens is 467 g/mol. The Hall–Kier alpha value is -2.91. The highest BCUT2D eigenvalue weighted by Crippen LogP contribution is 2.50. The minimum atomic E-state index is -4.82. The van der Waals surface area contributed by atoms with Crippen molar-refractivity contribution in [3.05, 3.63) is 83.7 Å². The predicted octanol–water partition coefficient (Wildman–Crippen LogP) is 5.14. The zero-order valence-corrected chi connectivity index (χ0v) is 17.8. The molecule has 0 aliphatic rings. The lowest BCUT2D eigenvalue weighted by molar-refractivity contribution is -0.137. The summed E-state index contributed by atoms with van der Waals surface area (Å²) in [7, 11) is -4.82. The van der Waals surface area contributed by atoms with E-state index in [1.54, 1.807) is 24.3 Å². The van der Waals surface area contributed by atoms with Crippen LogP contribution in [0.25, 0.3) is 11.1 Å². The van der Waals surface area contributed by atoms with E-state index in [0.717, 1.165) is 30.3 Å². The third-order valence-corrected chi connectivity index (χ3v) is 5.52. The lowest BCUT2D eigenvalue weighted by Gasteiger charge is -2.14. The number of alkyl halides is 3. The van der Waals surface area contributed by atoms with Gasteiger partial charge in [0.1, 0.15) is 19.0 Å². The number of benzene rings is 3. The van der Waals surface area contributed by atoms with Crippen LogP contribution in [0.5, 0.6) is 11.5 Å². The Morgan fingerprint density at radius 2 is 1.39 bits per heavy atom. The van der Waals surface area contributed by atoms with Crippen LogP contribution in [0.15, 0.2) is 66.7 Å². The molecule has 0 saturated carbocycles. The van der Waals surface area contributed by atoms with E-state index in [2.05, 4.69) is 0 Å². The smallest absolute Gasteiger partial charge is 0.416 e. The molecule has 11 heteroatoms. The van der Waals surface area contributed by atoms with Crippen LogP contribution in [-0.2, 0) is 10.7 Å². The minimum Gasteiger partial charge on any atom is -0.490 e. The summed E-state index contributed by atoms with van der Waals surface area (Å²) in [5.41, 5.74) is 0.306. The molecule has 33 heavy (non-hydrogen) atoms. The van der Waals surface area contributed by atoms with E-state index < -0.39 is 31.0 Å². The quantitative estimate of drug-likeness (QED) is 0.232. The summed E-state index contributed by atoms with van der Waals surface area (Å²) >= 11 is 0. The maximum atomic E-state index is 14.1. The third kappa shape index (κ3) is 6.55. The van der Waals surface area contributed by atoms with Gasteiger partial charge >= 0.3 is 13.8 Å². The van der Waals surface area contributed by atoms with E-state index in [4.69, 9.17) is 19.3 Å². The molecule has 1 atom stereocenters. The van der Waals surface area contributed by atoms with Crippen molar-refractivity contribution >= 4 is 7.60 Å². The number of halogens is 4. The molecule has 3 N–H and O–H groups in total. The monoisotopic (exact) mass is 486 g/mol. The van der Waals surface area contributed by atoms with Crippen LogP contribution in [0.3, 0.4) is 0 Å². The summed E-state index contributed by atoms with van der Waals surface area (Å²) in [4.78, 5) is 17.9. The Kier molecular flexibility index (Phi) is 7.44. The van der Waals surface area contributed by atoms with Gasteiger partial charge in [-0.25, -0.2) is 4.39 Å². The van der Waals surface area contributed by atoms with Gasteiger partial charge in [0.15, 0.2) is 17.4 Å². The van der Waals surface area contributed by atoms with Gasteiger partial charge < -0.3 is 24.4 Å². The SMILES string of the molecule is O=P(O)(O)C(O)c1ccc(OCCOc2ccc(-c3ccc(C(F)(F)F)cc3)cc2)c(F)c1. The number of ether oxygens (including phenoxy) is 2. The topological polar surface area (TPSA) is 96.2 Å². The van der Waals surface area contributed by atoms with Crippen LogP contribution in [0.2, 0.25) is 0 Å². The van der Waals surface area contributed by atoms with Gasteiger partial charge in [0.05, 0.1) is 5.56 Å². The van der Waals surface area contributed by atoms with E-state index in [-0.39, 0.29) is 24.5 Å². The largest absolute Gasteiger partial charge is 0.490 e. The number of aliphatic hydroxyl groups is 1. The van der Waals surface area contributed by atoms with Crippen molar-refractivity contribution in [2.24, 2.45) is 0 Å². The molecule has 0 heterocycles. The average Bonchev–Trinajstić information content (AvgIpc) is 2.76. The van der Waals surface area contributed by atoms with Gasteiger partial charge in [0.2, 0.25) is 0 Å². The maximum absolute atomic E-state index is 14.1. The van der Waals surface area contributed by atoms with Crippen molar-refractivity contribution in [1.29, 1.82) is 0 Å². The second-order valence-electron chi connectivity index (χ2n) is 6.95. The first-order valence-electron chi connectivity index (χ1n) is 9.51. The highest BCUT2D eigenvalue weighted by molar-refractivity contribution is 7.51. The summed E-state index contributed by atoms with van der Waals surface area (Å²) in [5.74, 6) is -2.75. The van der Waals surface area contributed by atoms with Crippen LogP contribution in [-0.4, -0.2) is 28.1 Å². The fourth-order valence-corrected chi connectivity index (χ4v) is 3.44. The third-order valence-electron chi connectivity index (χ3n) is 4.58. The molecule has 0 spiro atoms. The Morgan fingerprint density at radius 1 is 0.848 bits per heavy atom. The van der Waals surface area contributed by atoms with Crippen molar-refractivity contribution in [3.8, 4) is 22.6 Å². The highest BCUT2D eigenvalue weighted by Gasteiger charge is 2.30. The molecule has 0 aliphatic carbocycles. The van der Waals surface area contributed by atoms with Crippen LogP contribution >= 0.6 is 7.60 Å². The lowest BCUT2D eigenvalue weighted by atomic mass is 10.0. The van der Waals surface area contributed by atoms with E-state index in [9.17, 15) is 27.2 Å². The molecule has 0 radical (unpaired) electrons. The molecule has 1 unspecified atom stereocenters. The second-order valence-corrected chi connectivity index (χ2v) is 8.62. The fraction of sp³-hybridized carbons (Fsp3) is 0.182. The normalized spacial score (nSPS) is 12.9. The molecule has 0 fully saturated rings. The van der Waals surface area contributed by atoms with Crippen LogP contribution < -0.4 is 9.47 Å². The average molecular weight is 486 g/mol. The van der Waals surface area contributed by atoms with Gasteiger partial charge in [0, 0.05) is 0 Å². The van der Waals surface area contributed by atoms with Crippen LogP contribution in [0, 0.1) is 5.82 Å². The van der Waals surface area contributed by atoms with Gasteiger partial charge in [-0.3, -0.25) is 4.57 Å². The first kappa shape index (κ1) is 24.7. The summed E-state index contributed by atoms with van der Waals surface area (Å²) in [6.07, 6.45) is -4.40. The number of rotatable bonds is 8. The van der Waals surface area contributed by atoms with Crippen molar-refractivity contribution in [2.75, 3.05) is 13.2 Å². The molecule has 0 aliphatic heterocycles. The summed E-state index contributed by atoms with van der Waals surface area (Å²) in [6, 6.07) is 14.5. The van der Waals surface area contributed by atoms with Crippen LogP contribution in [0.4, 0.5) is 17.6 Å². The molecular formula is C22H19F4O6P. The molecule has 0 saturated heterocycles. The van der Waals surface area contributed by atoms with Crippen molar-refractivity contribution < 1.29 is 46.5 Å². The van der Waals surface area contributed by atoms with Crippen molar-refractivity contribution in [1.82, 2.24) is 0 Å². The van der Waals surface area contributed by atoms with Gasteiger partial charge in [-0.2, -0.15) is 13.2 Å². The van der Waals surface area contributed by atoms with E-state index in [1.807, 2.05) is 0 Å². The Morgan fingerprint density at radius 3 is 1.91 bits per heavy atom. The number of hydrogen-bond acceptors (Lipinski definition) is 4. The zero-order chi connectivity index (χ0) is 24.2. The molecule has 0 amide bonds. The molecule has 3 rings (SSSR count). The van der Waals surface area contributed by atoms with Crippen LogP contribution in [0.1, 0.15) is 17.0 Å². The van der Waals surface area contributed by atoms with Gasteiger partial charge in [-0.15, -0.1) is 0 Å². The molecule has 3 aromatic carbocycles. The van der Waals surface area contributed by atoms with Crippen molar-refractivity contribution in [2.45, 2.75) is 12.0 Å². The Balaban J connectivity index is 1.52. The highest BCUT2D eigenvalue weighted by atomic mass is 31.2. The van der Waals surface area contributed by atoms with E-state index in [1.165, 1.54) is 12.1 Å². The van der Waals surface area contributed by atoms with E-state index >= 15 is 0 Å². The van der Waals surface area contributed by atoms with Gasteiger partial charge in [-0.05, 0) is 53.1 Å². The molecule has 3 aromatic rings. The Labute approximate surface area is 186 Å². The summed E-state index contributed by atoms with van der Waals surface area (Å²) in [6.45, 7) is 0.00386. The van der Waals surface area contributed by atoms with Crippen molar-refractivity contribution in [3.63, 3.8) is 0 Å². The fourth-order valence-electron chi connectivity index (χ4n) is 2.90. The zero-order valence-electron chi connectivity index (χ0n) is 16.9. The maximum Gasteiger partial charge on any atom is 0.416 e. The summed E-state index contributed by atoms with van der Waals surface area (Å²) in [5, 5.41) is 9.51. The number of aliphatic hydroxyl groups excluding tert-OH is 1. The van der Waals surface area contributed by atoms with Gasteiger partial charge in [-0.1, -0.05) is 30.3 Å². The molecule has 0 aromatic heterocycles. The molecule has 6 nitrogen and oxygen atoms in total. The molecule has 0 bridgehead atoms. The first-order chi connectivity index (χ1) is 15.4. The lowest BCUT2D eigenvalue weighted by Crippen LogP contribution is -2.10. The standard InChI is InChI=1S/C22H19F4O6P/c23-19-13-16(21(27)33(28,29)30)5-10-20(19)32-12-11-31-18-8-3-15(4-9-18)14-1-6-17(7-2-14)22(24,25)26/h1-10,13,21,27H,11-12H2,(H2,28,29,30). The minimum absolute atomic E-state index is 0.0437. The summed E-state index contributed by atoms with van der Waals surface area (Å²) < 4.78 is 73.8. The van der Waals surface area contributed by atoms with Gasteiger partial charge in [0.25, 0.3) is 0 Å². The number of hydrogen-bond donors (Lipinski definition) is 3. The predicted molar refractivity (Wildman–Crippen MR) is 111 cm³/mol. The Bertz CT molecular complexity index is 1130. The van der Waals surface area contributed by atoms with E-state index in [0.29, 0.717) is 16.9 Å². The molecule has 176 valence electrons. The second kappa shape index (κ2) is 9.93. The first-order valence-corrected chi connectivity index (χ1v) is 11.2.